The largest absolute Gasteiger partial charge is 0.253 e. The molecule has 3 rings (SSSR count). The molecule has 94 valence electrons. The molecule has 0 fully saturated rings. The Morgan fingerprint density at radius 3 is 2.74 bits per heavy atom. The summed E-state index contributed by atoms with van der Waals surface area (Å²) in [6.45, 7) is 0. The van der Waals surface area contributed by atoms with E-state index in [1.54, 1.807) is 28.9 Å². The van der Waals surface area contributed by atoms with E-state index in [9.17, 15) is 0 Å². The highest BCUT2D eigenvalue weighted by Crippen LogP contribution is 2.31. The van der Waals surface area contributed by atoms with Crippen LogP contribution in [-0.4, -0.2) is 11.2 Å². The minimum absolute atomic E-state index is 0.801. The van der Waals surface area contributed by atoms with Gasteiger partial charge in [-0.05, 0) is 17.0 Å². The molecule has 0 saturated carbocycles. The van der Waals surface area contributed by atoms with Crippen molar-refractivity contribution >= 4 is 34.0 Å². The van der Waals surface area contributed by atoms with E-state index < -0.39 is 0 Å². The summed E-state index contributed by atoms with van der Waals surface area (Å²) < 4.78 is 0. The average Bonchev–Trinajstić information content (AvgIpc) is 3.10. The lowest BCUT2D eigenvalue weighted by Crippen LogP contribution is -1.88. The van der Waals surface area contributed by atoms with Crippen molar-refractivity contribution in [1.82, 2.24) is 4.98 Å². The van der Waals surface area contributed by atoms with Crippen LogP contribution in [0.25, 0.3) is 9.75 Å². The van der Waals surface area contributed by atoms with E-state index in [0.717, 1.165) is 15.6 Å². The van der Waals surface area contributed by atoms with E-state index in [4.69, 9.17) is 0 Å². The number of aromatic nitrogens is 1. The minimum Gasteiger partial charge on any atom is -0.253 e. The summed E-state index contributed by atoms with van der Waals surface area (Å²) in [4.78, 5) is 6.70. The Kier molecular flexibility index (Phi) is 3.67. The molecule has 3 aromatic rings. The Bertz CT molecular complexity index is 657. The summed E-state index contributed by atoms with van der Waals surface area (Å²) >= 11 is 3.31. The summed E-state index contributed by atoms with van der Waals surface area (Å²) in [6.07, 6.45) is 3.66. The van der Waals surface area contributed by atoms with Gasteiger partial charge in [-0.25, -0.2) is 4.98 Å². The van der Waals surface area contributed by atoms with E-state index in [-0.39, 0.29) is 0 Å². The van der Waals surface area contributed by atoms with Gasteiger partial charge in [0.1, 0.15) is 0 Å². The van der Waals surface area contributed by atoms with Crippen molar-refractivity contribution in [2.24, 2.45) is 5.10 Å². The fourth-order valence-electron chi connectivity index (χ4n) is 1.56. The maximum atomic E-state index is 4.30. The zero-order chi connectivity index (χ0) is 12.9. The normalized spacial score (nSPS) is 10.9. The molecular formula is C14H11N3S2. The van der Waals surface area contributed by atoms with Gasteiger partial charge >= 0.3 is 0 Å². The molecule has 0 atom stereocenters. The van der Waals surface area contributed by atoms with Crippen LogP contribution in [0.15, 0.2) is 59.1 Å². The number of nitrogens with one attached hydrogen (secondary N) is 1. The molecule has 0 spiro atoms. The van der Waals surface area contributed by atoms with Crippen molar-refractivity contribution in [3.05, 3.63) is 59.6 Å². The predicted molar refractivity (Wildman–Crippen MR) is 83.1 cm³/mol. The van der Waals surface area contributed by atoms with Crippen LogP contribution in [0.3, 0.4) is 0 Å². The van der Waals surface area contributed by atoms with Crippen LogP contribution in [0.1, 0.15) is 5.56 Å². The average molecular weight is 285 g/mol. The van der Waals surface area contributed by atoms with Crippen LogP contribution in [0.4, 0.5) is 5.13 Å². The lowest BCUT2D eigenvalue weighted by Gasteiger charge is -1.93. The zero-order valence-electron chi connectivity index (χ0n) is 9.98. The van der Waals surface area contributed by atoms with Gasteiger partial charge in [-0.1, -0.05) is 47.7 Å². The molecule has 19 heavy (non-hydrogen) atoms. The predicted octanol–water partition coefficient (Wildman–Crippen LogP) is 4.32. The summed E-state index contributed by atoms with van der Waals surface area (Å²) in [7, 11) is 0. The Morgan fingerprint density at radius 2 is 1.95 bits per heavy atom. The zero-order valence-corrected chi connectivity index (χ0v) is 11.6. The molecule has 0 radical (unpaired) electrons. The smallest absolute Gasteiger partial charge is 0.203 e. The molecule has 2 heterocycles. The molecule has 0 aliphatic rings. The molecule has 1 aromatic carbocycles. The first kappa shape index (κ1) is 12.1. The van der Waals surface area contributed by atoms with Crippen LogP contribution in [-0.2, 0) is 0 Å². The number of hydrogen-bond donors (Lipinski definition) is 1. The molecule has 0 bridgehead atoms. The van der Waals surface area contributed by atoms with E-state index in [1.165, 1.54) is 4.88 Å². The molecule has 0 saturated heterocycles. The molecule has 2 aromatic heterocycles. The monoisotopic (exact) mass is 285 g/mol. The third-order valence-electron chi connectivity index (χ3n) is 2.44. The molecule has 5 heteroatoms. The van der Waals surface area contributed by atoms with Gasteiger partial charge in [0, 0.05) is 11.1 Å². The number of benzene rings is 1. The van der Waals surface area contributed by atoms with Crippen LogP contribution in [0, 0.1) is 0 Å². The van der Waals surface area contributed by atoms with E-state index >= 15 is 0 Å². The maximum Gasteiger partial charge on any atom is 0.203 e. The van der Waals surface area contributed by atoms with Crippen molar-refractivity contribution in [2.45, 2.75) is 0 Å². The summed E-state index contributed by atoms with van der Waals surface area (Å²) in [5.74, 6) is 0. The molecule has 3 nitrogen and oxygen atoms in total. The van der Waals surface area contributed by atoms with E-state index in [2.05, 4.69) is 27.0 Å². The number of nitrogens with zero attached hydrogens (tertiary/aromatic N) is 2. The Labute approximate surface area is 119 Å². The van der Waals surface area contributed by atoms with Crippen molar-refractivity contribution in [2.75, 3.05) is 5.43 Å². The van der Waals surface area contributed by atoms with Gasteiger partial charge in [0.2, 0.25) is 5.13 Å². The SMILES string of the molecule is C(=N/Nc1ncc(-c2cccs2)s1)/c1ccccc1. The van der Waals surface area contributed by atoms with Crippen LogP contribution < -0.4 is 5.43 Å². The third-order valence-corrected chi connectivity index (χ3v) is 4.41. The molecule has 0 unspecified atom stereocenters. The standard InChI is InChI=1S/C14H11N3S2/c1-2-5-11(6-3-1)9-16-17-14-15-10-13(19-14)12-7-4-8-18-12/h1-10H,(H,15,17)/b16-9-. The van der Waals surface area contributed by atoms with Gasteiger partial charge in [0.05, 0.1) is 11.1 Å². The molecule has 0 aliphatic heterocycles. The Hall–Kier alpha value is -1.98. The second-order valence-corrected chi connectivity index (χ2v) is 5.77. The maximum absolute atomic E-state index is 4.30. The topological polar surface area (TPSA) is 37.3 Å². The van der Waals surface area contributed by atoms with Gasteiger partial charge in [-0.3, -0.25) is 5.43 Å². The Morgan fingerprint density at radius 1 is 1.05 bits per heavy atom. The molecule has 1 N–H and O–H groups in total. The summed E-state index contributed by atoms with van der Waals surface area (Å²) in [5.41, 5.74) is 4.02. The highest BCUT2D eigenvalue weighted by molar-refractivity contribution is 7.23. The lowest BCUT2D eigenvalue weighted by molar-refractivity contribution is 1.29. The van der Waals surface area contributed by atoms with Gasteiger partial charge in [0.15, 0.2) is 0 Å². The van der Waals surface area contributed by atoms with Gasteiger partial charge < -0.3 is 0 Å². The first-order chi connectivity index (χ1) is 9.42. The second-order valence-electron chi connectivity index (χ2n) is 3.79. The minimum atomic E-state index is 0.801. The highest BCUT2D eigenvalue weighted by Gasteiger charge is 2.03. The number of thiophene rings is 1. The summed E-state index contributed by atoms with van der Waals surface area (Å²) in [5, 5.41) is 7.05. The number of thiazole rings is 1. The number of anilines is 1. The number of hydrogen-bond acceptors (Lipinski definition) is 5. The highest BCUT2D eigenvalue weighted by atomic mass is 32.1. The molecule has 0 amide bonds. The lowest BCUT2D eigenvalue weighted by atomic mass is 10.2. The molecular weight excluding hydrogens is 274 g/mol. The van der Waals surface area contributed by atoms with Gasteiger partial charge in [-0.2, -0.15) is 5.10 Å². The molecule has 0 aliphatic carbocycles. The quantitative estimate of drug-likeness (QED) is 0.572. The Balaban J connectivity index is 1.67. The van der Waals surface area contributed by atoms with E-state index in [1.807, 2.05) is 42.6 Å². The van der Waals surface area contributed by atoms with Crippen LogP contribution >= 0.6 is 22.7 Å². The van der Waals surface area contributed by atoms with Crippen molar-refractivity contribution in [3.8, 4) is 9.75 Å². The van der Waals surface area contributed by atoms with Gasteiger partial charge in [-0.15, -0.1) is 11.3 Å². The van der Waals surface area contributed by atoms with E-state index in [0.29, 0.717) is 0 Å². The van der Waals surface area contributed by atoms with Gasteiger partial charge in [0.25, 0.3) is 0 Å². The third kappa shape index (κ3) is 3.07. The fourth-order valence-corrected chi connectivity index (χ4v) is 3.14. The van der Waals surface area contributed by atoms with Crippen LogP contribution in [0.5, 0.6) is 0 Å². The van der Waals surface area contributed by atoms with Crippen LogP contribution in [0.2, 0.25) is 0 Å². The number of rotatable bonds is 4. The number of hydrazone groups is 1. The van der Waals surface area contributed by atoms with Crippen molar-refractivity contribution in [1.29, 1.82) is 0 Å². The first-order valence-electron chi connectivity index (χ1n) is 5.76. The fraction of sp³-hybridized carbons (Fsp3) is 0. The second kappa shape index (κ2) is 5.77. The van der Waals surface area contributed by atoms with Crippen molar-refractivity contribution < 1.29 is 0 Å². The van der Waals surface area contributed by atoms with Crippen molar-refractivity contribution in [3.63, 3.8) is 0 Å². The first-order valence-corrected chi connectivity index (χ1v) is 7.45. The summed E-state index contributed by atoms with van der Waals surface area (Å²) in [6, 6.07) is 14.1.